The molecular formula is C16H20O2. The Kier molecular flexibility index (Phi) is 2.89. The summed E-state index contributed by atoms with van der Waals surface area (Å²) in [6.45, 7) is 2.27. The third-order valence-corrected chi connectivity index (χ3v) is 4.67. The Balaban J connectivity index is 1.80. The van der Waals surface area contributed by atoms with E-state index in [4.69, 9.17) is 4.74 Å². The van der Waals surface area contributed by atoms with E-state index < -0.39 is 0 Å². The maximum atomic E-state index is 12.2. The summed E-state index contributed by atoms with van der Waals surface area (Å²) in [4.78, 5) is 12.2. The van der Waals surface area contributed by atoms with Crippen molar-refractivity contribution in [2.45, 2.75) is 45.1 Å². The van der Waals surface area contributed by atoms with Crippen LogP contribution in [0, 0.1) is 11.3 Å². The van der Waals surface area contributed by atoms with Crippen LogP contribution in [0.25, 0.3) is 0 Å². The summed E-state index contributed by atoms with van der Waals surface area (Å²) >= 11 is 0. The summed E-state index contributed by atoms with van der Waals surface area (Å²) < 4.78 is 6.06. The summed E-state index contributed by atoms with van der Waals surface area (Å²) in [5, 5.41) is 0. The first kappa shape index (κ1) is 11.8. The second-order valence-corrected chi connectivity index (χ2v) is 5.96. The minimum atomic E-state index is 0.0881. The zero-order valence-electron chi connectivity index (χ0n) is 10.9. The van der Waals surface area contributed by atoms with Crippen LogP contribution in [0.2, 0.25) is 0 Å². The van der Waals surface area contributed by atoms with E-state index in [1.165, 1.54) is 6.42 Å². The maximum absolute atomic E-state index is 12.2. The number of carbonyl (C=O) groups is 1. The molecule has 0 heterocycles. The number of carbonyl (C=O) groups excluding carboxylic acids is 1. The van der Waals surface area contributed by atoms with E-state index in [1.807, 2.05) is 30.3 Å². The van der Waals surface area contributed by atoms with Gasteiger partial charge in [0.1, 0.15) is 17.6 Å². The zero-order chi connectivity index (χ0) is 12.6. The minimum absolute atomic E-state index is 0.0881. The van der Waals surface area contributed by atoms with Gasteiger partial charge in [-0.1, -0.05) is 25.1 Å². The predicted molar refractivity (Wildman–Crippen MR) is 70.5 cm³/mol. The molecule has 0 aromatic heterocycles. The second-order valence-electron chi connectivity index (χ2n) is 5.96. The summed E-state index contributed by atoms with van der Waals surface area (Å²) in [5.74, 6) is 1.43. The molecule has 2 aliphatic rings. The van der Waals surface area contributed by atoms with Crippen molar-refractivity contribution >= 4 is 5.78 Å². The van der Waals surface area contributed by atoms with Gasteiger partial charge >= 0.3 is 0 Å². The highest BCUT2D eigenvalue weighted by Crippen LogP contribution is 2.51. The van der Waals surface area contributed by atoms with E-state index in [9.17, 15) is 4.79 Å². The summed E-state index contributed by atoms with van der Waals surface area (Å²) in [6.07, 6.45) is 5.21. The number of benzene rings is 1. The Morgan fingerprint density at radius 3 is 2.78 bits per heavy atom. The third-order valence-electron chi connectivity index (χ3n) is 4.67. The van der Waals surface area contributed by atoms with Gasteiger partial charge < -0.3 is 4.74 Å². The lowest BCUT2D eigenvalue weighted by atomic mass is 9.68. The molecule has 1 aromatic rings. The summed E-state index contributed by atoms with van der Waals surface area (Å²) in [6, 6.07) is 9.89. The molecule has 1 aromatic carbocycles. The number of para-hydroxylation sites is 1. The molecule has 18 heavy (non-hydrogen) atoms. The molecule has 2 fully saturated rings. The first-order valence-corrected chi connectivity index (χ1v) is 6.93. The Labute approximate surface area is 108 Å². The summed E-state index contributed by atoms with van der Waals surface area (Å²) in [5.41, 5.74) is 0.189. The number of ketones is 1. The van der Waals surface area contributed by atoms with Gasteiger partial charge in [-0.2, -0.15) is 0 Å². The van der Waals surface area contributed by atoms with E-state index in [0.717, 1.165) is 31.4 Å². The smallest absolute Gasteiger partial charge is 0.140 e. The van der Waals surface area contributed by atoms with Gasteiger partial charge in [-0.25, -0.2) is 0 Å². The number of ether oxygens (including phenoxy) is 1. The lowest BCUT2D eigenvalue weighted by Crippen LogP contribution is -2.40. The maximum Gasteiger partial charge on any atom is 0.140 e. The van der Waals surface area contributed by atoms with Gasteiger partial charge in [-0.15, -0.1) is 0 Å². The SMILES string of the molecule is C[C@@]12CCCC(=O)[C@@H]1[C@@H](Oc1ccccc1)CC2. The molecule has 2 aliphatic carbocycles. The van der Waals surface area contributed by atoms with Crippen molar-refractivity contribution in [1.29, 1.82) is 0 Å². The van der Waals surface area contributed by atoms with E-state index in [1.54, 1.807) is 0 Å². The first-order chi connectivity index (χ1) is 8.69. The average Bonchev–Trinajstić information content (AvgIpc) is 2.69. The quantitative estimate of drug-likeness (QED) is 0.794. The largest absolute Gasteiger partial charge is 0.490 e. The molecule has 0 amide bonds. The van der Waals surface area contributed by atoms with Crippen LogP contribution in [0.3, 0.4) is 0 Å². The van der Waals surface area contributed by atoms with E-state index in [-0.39, 0.29) is 17.4 Å². The molecule has 0 bridgehead atoms. The Bertz CT molecular complexity index is 440. The third kappa shape index (κ3) is 1.94. The van der Waals surface area contributed by atoms with Crippen LogP contribution in [0.15, 0.2) is 30.3 Å². The van der Waals surface area contributed by atoms with Crippen molar-refractivity contribution in [2.24, 2.45) is 11.3 Å². The molecule has 0 radical (unpaired) electrons. The lowest BCUT2D eigenvalue weighted by molar-refractivity contribution is -0.131. The number of Topliss-reactive ketones (excluding diaryl/α,β-unsaturated/α-hetero) is 1. The normalized spacial score (nSPS) is 35.3. The molecule has 2 saturated carbocycles. The average molecular weight is 244 g/mol. The van der Waals surface area contributed by atoms with Gasteiger partial charge in [0.15, 0.2) is 0 Å². The molecule has 0 unspecified atom stereocenters. The fourth-order valence-corrected chi connectivity index (χ4v) is 3.74. The molecule has 3 atom stereocenters. The Morgan fingerprint density at radius 2 is 2.00 bits per heavy atom. The van der Waals surface area contributed by atoms with Crippen molar-refractivity contribution in [3.8, 4) is 5.75 Å². The molecular weight excluding hydrogens is 224 g/mol. The van der Waals surface area contributed by atoms with Gasteiger partial charge in [-0.3, -0.25) is 4.79 Å². The van der Waals surface area contributed by atoms with Crippen LogP contribution >= 0.6 is 0 Å². The Morgan fingerprint density at radius 1 is 1.22 bits per heavy atom. The fraction of sp³-hybridized carbons (Fsp3) is 0.562. The van der Waals surface area contributed by atoms with Gasteiger partial charge in [0.25, 0.3) is 0 Å². The van der Waals surface area contributed by atoms with Crippen LogP contribution in [-0.4, -0.2) is 11.9 Å². The number of fused-ring (bicyclic) bond motifs is 1. The fourth-order valence-electron chi connectivity index (χ4n) is 3.74. The molecule has 0 spiro atoms. The number of hydrogen-bond donors (Lipinski definition) is 0. The van der Waals surface area contributed by atoms with E-state index in [2.05, 4.69) is 6.92 Å². The minimum Gasteiger partial charge on any atom is -0.490 e. The van der Waals surface area contributed by atoms with Crippen molar-refractivity contribution < 1.29 is 9.53 Å². The molecule has 0 saturated heterocycles. The molecule has 2 nitrogen and oxygen atoms in total. The zero-order valence-corrected chi connectivity index (χ0v) is 10.9. The van der Waals surface area contributed by atoms with Gasteiger partial charge in [0.2, 0.25) is 0 Å². The highest BCUT2D eigenvalue weighted by atomic mass is 16.5. The molecule has 0 N–H and O–H groups in total. The van der Waals surface area contributed by atoms with E-state index >= 15 is 0 Å². The van der Waals surface area contributed by atoms with Crippen LogP contribution in [0.5, 0.6) is 5.75 Å². The molecule has 0 aliphatic heterocycles. The number of rotatable bonds is 2. The van der Waals surface area contributed by atoms with Crippen LogP contribution < -0.4 is 4.74 Å². The van der Waals surface area contributed by atoms with Crippen LogP contribution in [0.1, 0.15) is 39.0 Å². The first-order valence-electron chi connectivity index (χ1n) is 6.93. The predicted octanol–water partition coefficient (Wildman–Crippen LogP) is 3.60. The molecule has 96 valence electrons. The monoisotopic (exact) mass is 244 g/mol. The van der Waals surface area contributed by atoms with Gasteiger partial charge in [0.05, 0.1) is 5.92 Å². The molecule has 3 rings (SSSR count). The van der Waals surface area contributed by atoms with Crippen LogP contribution in [-0.2, 0) is 4.79 Å². The molecule has 2 heteroatoms. The van der Waals surface area contributed by atoms with Crippen molar-refractivity contribution in [3.05, 3.63) is 30.3 Å². The number of hydrogen-bond acceptors (Lipinski definition) is 2. The van der Waals surface area contributed by atoms with Gasteiger partial charge in [0, 0.05) is 6.42 Å². The summed E-state index contributed by atoms with van der Waals surface area (Å²) in [7, 11) is 0. The topological polar surface area (TPSA) is 26.3 Å². The van der Waals surface area contributed by atoms with Crippen molar-refractivity contribution in [2.75, 3.05) is 0 Å². The van der Waals surface area contributed by atoms with Crippen LogP contribution in [0.4, 0.5) is 0 Å². The van der Waals surface area contributed by atoms with E-state index in [0.29, 0.717) is 5.78 Å². The highest BCUT2D eigenvalue weighted by molar-refractivity contribution is 5.83. The lowest BCUT2D eigenvalue weighted by Gasteiger charge is -2.36. The van der Waals surface area contributed by atoms with Crippen molar-refractivity contribution in [3.63, 3.8) is 0 Å². The van der Waals surface area contributed by atoms with Gasteiger partial charge in [-0.05, 0) is 43.2 Å². The Hall–Kier alpha value is -1.31. The van der Waals surface area contributed by atoms with Crippen molar-refractivity contribution in [1.82, 2.24) is 0 Å². The standard InChI is InChI=1S/C16H20O2/c1-16-10-5-8-13(17)15(16)14(9-11-16)18-12-6-3-2-4-7-12/h2-4,6-7,14-15H,5,8-11H2,1H3/t14-,15+,16-/m0/s1. The highest BCUT2D eigenvalue weighted by Gasteiger charge is 2.51. The second kappa shape index (κ2) is 4.42.